The minimum atomic E-state index is -0.824. The molecule has 264 valence electrons. The molecular weight excluding hydrogens is 716 g/mol. The van der Waals surface area contributed by atoms with Gasteiger partial charge >= 0.3 is 0 Å². The molecule has 5 heterocycles. The molecule has 3 aromatic heterocycles. The quantitative estimate of drug-likeness (QED) is 0.170. The zero-order valence-corrected chi connectivity index (χ0v) is 30.5. The number of allylic oxidation sites excluding steroid dienone is 1. The van der Waals surface area contributed by atoms with E-state index < -0.39 is 16.9 Å². The smallest absolute Gasteiger partial charge is 0.248 e. The first-order valence-corrected chi connectivity index (χ1v) is 17.7. The van der Waals surface area contributed by atoms with Gasteiger partial charge in [-0.05, 0) is 65.9 Å². The second-order valence-electron chi connectivity index (χ2n) is 14.3. The normalized spacial score (nSPS) is 23.8. The summed E-state index contributed by atoms with van der Waals surface area (Å²) in [5.74, 6) is -0.0307. The van der Waals surface area contributed by atoms with Crippen molar-refractivity contribution < 1.29 is 23.9 Å². The number of amides is 3. The summed E-state index contributed by atoms with van der Waals surface area (Å²) < 4.78 is 7.93. The van der Waals surface area contributed by atoms with Crippen LogP contribution in [0.15, 0.2) is 59.5 Å². The van der Waals surface area contributed by atoms with Crippen molar-refractivity contribution in [1.82, 2.24) is 34.9 Å². The number of nitrogens with one attached hydrogen (secondary N) is 2. The number of piperidine rings is 1. The zero-order valence-electron chi connectivity index (χ0n) is 28.9. The number of ketones is 1. The van der Waals surface area contributed by atoms with Crippen molar-refractivity contribution in [2.75, 3.05) is 18.5 Å². The molecule has 7 rings (SSSR count). The lowest BCUT2D eigenvalue weighted by molar-refractivity contribution is -0.138. The van der Waals surface area contributed by atoms with Gasteiger partial charge in [-0.1, -0.05) is 38.1 Å². The van der Waals surface area contributed by atoms with Crippen LogP contribution in [0.5, 0.6) is 0 Å². The van der Waals surface area contributed by atoms with E-state index in [1.54, 1.807) is 23.4 Å². The maximum Gasteiger partial charge on any atom is 0.248 e. The Hall–Kier alpha value is -4.82. The summed E-state index contributed by atoms with van der Waals surface area (Å²) in [5.41, 5.74) is 2.03. The van der Waals surface area contributed by atoms with E-state index in [-0.39, 0.29) is 48.4 Å². The Balaban J connectivity index is 1.21. The predicted octanol–water partition coefficient (Wildman–Crippen LogP) is 4.78. The van der Waals surface area contributed by atoms with Gasteiger partial charge in [0, 0.05) is 59.2 Å². The molecule has 13 nitrogen and oxygen atoms in total. The van der Waals surface area contributed by atoms with Gasteiger partial charge in [-0.15, -0.1) is 0 Å². The van der Waals surface area contributed by atoms with Crippen molar-refractivity contribution in [1.29, 1.82) is 0 Å². The highest BCUT2D eigenvalue weighted by Crippen LogP contribution is 2.59. The van der Waals surface area contributed by atoms with Crippen LogP contribution >= 0.6 is 15.9 Å². The monoisotopic (exact) mass is 754 g/mol. The second-order valence-corrected chi connectivity index (χ2v) is 15.1. The fourth-order valence-corrected chi connectivity index (χ4v) is 7.43. The summed E-state index contributed by atoms with van der Waals surface area (Å²) >= 11 is 3.41. The number of rotatable bonds is 4. The number of fused-ring (bicyclic) bond motifs is 3. The number of benzene rings is 1. The van der Waals surface area contributed by atoms with Crippen LogP contribution in [0.4, 0.5) is 5.82 Å². The van der Waals surface area contributed by atoms with Crippen LogP contribution in [0.1, 0.15) is 61.9 Å². The summed E-state index contributed by atoms with van der Waals surface area (Å²) in [4.78, 5) is 69.3. The fraction of sp³-hybridized carbons (Fsp3) is 0.405. The maximum atomic E-state index is 14.4. The molecular formula is C37H39BrN8O5. The van der Waals surface area contributed by atoms with Gasteiger partial charge in [0.25, 0.3) is 0 Å². The molecule has 2 N–H and O–H groups in total. The van der Waals surface area contributed by atoms with Gasteiger partial charge in [0.2, 0.25) is 17.7 Å². The van der Waals surface area contributed by atoms with Crippen molar-refractivity contribution in [3.05, 3.63) is 76.6 Å². The molecule has 1 spiro atoms. The Morgan fingerprint density at radius 3 is 2.61 bits per heavy atom. The molecule has 51 heavy (non-hydrogen) atoms. The third-order valence-corrected chi connectivity index (χ3v) is 10.6. The maximum absolute atomic E-state index is 14.4. The fourth-order valence-electron chi connectivity index (χ4n) is 7.12. The van der Waals surface area contributed by atoms with Gasteiger partial charge in [-0.3, -0.25) is 23.9 Å². The van der Waals surface area contributed by atoms with E-state index in [1.165, 1.54) is 11.6 Å². The number of anilines is 1. The number of nitrogens with zero attached hydrogens (tertiary/aromatic N) is 6. The average molecular weight is 756 g/mol. The number of aryl methyl sites for hydroxylation is 1. The molecule has 3 aliphatic rings. The summed E-state index contributed by atoms with van der Waals surface area (Å²) in [7, 11) is 0. The number of pyridine rings is 1. The number of ether oxygens (including phenoxy) is 1. The van der Waals surface area contributed by atoms with Gasteiger partial charge < -0.3 is 20.3 Å². The molecule has 0 radical (unpaired) electrons. The zero-order chi connectivity index (χ0) is 36.1. The summed E-state index contributed by atoms with van der Waals surface area (Å²) in [6.07, 6.45) is 8.82. The van der Waals surface area contributed by atoms with E-state index in [2.05, 4.69) is 46.6 Å². The lowest BCUT2D eigenvalue weighted by Gasteiger charge is -2.27. The van der Waals surface area contributed by atoms with Crippen molar-refractivity contribution in [3.8, 4) is 11.1 Å². The average Bonchev–Trinajstić information content (AvgIpc) is 3.51. The van der Waals surface area contributed by atoms with Gasteiger partial charge in [0.1, 0.15) is 34.5 Å². The number of halogens is 1. The van der Waals surface area contributed by atoms with Crippen molar-refractivity contribution in [2.45, 2.75) is 72.2 Å². The van der Waals surface area contributed by atoms with Gasteiger partial charge in [0.05, 0.1) is 18.7 Å². The molecule has 2 bridgehead atoms. The topological polar surface area (TPSA) is 161 Å². The van der Waals surface area contributed by atoms with Crippen LogP contribution in [-0.2, 0) is 32.3 Å². The lowest BCUT2D eigenvalue weighted by Crippen LogP contribution is -2.47. The van der Waals surface area contributed by atoms with E-state index >= 15 is 0 Å². The molecule has 14 heteroatoms. The molecule has 1 saturated heterocycles. The number of carbonyl (C=O) groups is 4. The number of aromatic nitrogens is 5. The third-order valence-electron chi connectivity index (χ3n) is 10.2. The van der Waals surface area contributed by atoms with Crippen LogP contribution in [0.2, 0.25) is 0 Å². The van der Waals surface area contributed by atoms with Crippen molar-refractivity contribution in [3.63, 3.8) is 0 Å². The highest BCUT2D eigenvalue weighted by Gasteiger charge is 2.67. The van der Waals surface area contributed by atoms with Crippen LogP contribution in [0.3, 0.4) is 0 Å². The molecule has 3 amide bonds. The summed E-state index contributed by atoms with van der Waals surface area (Å²) in [6, 6.07) is 8.10. The number of likely N-dealkylation sites (tertiary alicyclic amines) is 1. The Labute approximate surface area is 303 Å². The van der Waals surface area contributed by atoms with Crippen LogP contribution in [0, 0.1) is 17.8 Å². The molecule has 3 atom stereocenters. The Morgan fingerprint density at radius 2 is 1.84 bits per heavy atom. The minimum Gasteiger partial charge on any atom is -0.373 e. The number of carbonyl (C=O) groups excluding carboxylic acids is 4. The molecule has 4 aromatic rings. The number of hydrogen-bond donors (Lipinski definition) is 2. The van der Waals surface area contributed by atoms with E-state index in [9.17, 15) is 19.2 Å². The highest BCUT2D eigenvalue weighted by atomic mass is 79.9. The van der Waals surface area contributed by atoms with Crippen LogP contribution in [0.25, 0.3) is 22.0 Å². The van der Waals surface area contributed by atoms with Gasteiger partial charge in [-0.2, -0.15) is 5.10 Å². The first-order valence-electron chi connectivity index (χ1n) is 16.9. The van der Waals surface area contributed by atoms with Crippen LogP contribution in [-0.4, -0.2) is 78.4 Å². The Morgan fingerprint density at radius 1 is 1.06 bits per heavy atom. The van der Waals surface area contributed by atoms with Crippen molar-refractivity contribution in [2.24, 2.45) is 10.8 Å². The first kappa shape index (κ1) is 34.6. The highest BCUT2D eigenvalue weighted by molar-refractivity contribution is 9.10. The third kappa shape index (κ3) is 6.81. The summed E-state index contributed by atoms with van der Waals surface area (Å²) in [6.45, 7) is 7.72. The van der Waals surface area contributed by atoms with E-state index in [4.69, 9.17) is 4.74 Å². The van der Waals surface area contributed by atoms with E-state index in [1.807, 2.05) is 57.2 Å². The van der Waals surface area contributed by atoms with Crippen molar-refractivity contribution >= 4 is 56.2 Å². The van der Waals surface area contributed by atoms with Gasteiger partial charge in [0.15, 0.2) is 5.78 Å². The molecule has 2 fully saturated rings. The second kappa shape index (κ2) is 13.4. The number of Topliss-reactive ketones (excluding diaryl/α,β-unsaturated/α-hetero) is 1. The minimum absolute atomic E-state index is 0.0963. The largest absolute Gasteiger partial charge is 0.373 e. The van der Waals surface area contributed by atoms with Crippen LogP contribution < -0.4 is 10.6 Å². The SMILES string of the molecule is CC(=O)c1nn(CC(=O)N2[C@H]3C[C@@]4(CNC(=O)C(C)(C)C/C=C/COCc5ccc(Br)nc5NC3=O)C[C@@H]24)c2ccc(-c3cnc(C)nc3)cc12. The Bertz CT molecular complexity index is 2090. The molecule has 0 unspecified atom stereocenters. The summed E-state index contributed by atoms with van der Waals surface area (Å²) in [5, 5.41) is 11.3. The lowest BCUT2D eigenvalue weighted by atomic mass is 9.87. The molecule has 1 aromatic carbocycles. The van der Waals surface area contributed by atoms with E-state index in [0.29, 0.717) is 65.1 Å². The molecule has 2 aliphatic heterocycles. The number of hydrogen-bond acceptors (Lipinski definition) is 9. The molecule has 1 aliphatic carbocycles. The molecule has 1 saturated carbocycles. The first-order chi connectivity index (χ1) is 24.3. The van der Waals surface area contributed by atoms with E-state index in [0.717, 1.165) is 11.1 Å². The predicted molar refractivity (Wildman–Crippen MR) is 192 cm³/mol. The van der Waals surface area contributed by atoms with Gasteiger partial charge in [-0.25, -0.2) is 15.0 Å². The standard InChI is InChI=1S/C37H39BrN8O5/c1-21(47)32-26-13-23(25-16-39-22(2)40-17-25)7-9-27(26)45(44-32)18-31(48)46-28-14-37(15-29(37)46)20-41-35(50)36(3,4)11-5-6-12-51-19-24-8-10-30(38)42-33(24)43-34(28)49/h5-10,13,16-17,28-29H,11-12,14-15,18-20H2,1-4H3,(H,41,50)(H,42,43,49)/b6-5+/t28-,29+,37-/m0/s1. The Kier molecular flexibility index (Phi) is 9.08.